The zero-order chi connectivity index (χ0) is 28.6. The largest absolute Gasteiger partial charge is 0.504 e. The topological polar surface area (TPSA) is 89.3 Å². The number of likely N-dealkylation sites (N-methyl/N-ethyl adjacent to an activating group) is 1. The van der Waals surface area contributed by atoms with Crippen molar-refractivity contribution in [2.24, 2.45) is 5.73 Å². The summed E-state index contributed by atoms with van der Waals surface area (Å²) < 4.78 is 34.0. The highest BCUT2D eigenvalue weighted by Gasteiger charge is 2.21. The zero-order valence-corrected chi connectivity index (χ0v) is 23.8. The first-order valence-corrected chi connectivity index (χ1v) is 14.0. The lowest BCUT2D eigenvalue weighted by Crippen LogP contribution is -2.46. The summed E-state index contributed by atoms with van der Waals surface area (Å²) in [4.78, 5) is 6.95. The van der Waals surface area contributed by atoms with E-state index < -0.39 is 11.6 Å². The van der Waals surface area contributed by atoms with E-state index in [4.69, 9.17) is 10.5 Å². The molecule has 0 unspecified atom stereocenters. The highest BCUT2D eigenvalue weighted by molar-refractivity contribution is 5.70. The molecule has 2 saturated heterocycles. The summed E-state index contributed by atoms with van der Waals surface area (Å²) in [6.45, 7) is 13.3. The van der Waals surface area contributed by atoms with Crippen molar-refractivity contribution in [1.29, 1.82) is 0 Å². The van der Waals surface area contributed by atoms with Crippen molar-refractivity contribution in [1.82, 2.24) is 15.1 Å². The number of nitrogens with zero attached hydrogens (tertiary/aromatic N) is 3. The minimum Gasteiger partial charge on any atom is -0.504 e. The number of rotatable bonds is 6. The third-order valence-corrected chi connectivity index (χ3v) is 7.67. The van der Waals surface area contributed by atoms with Crippen LogP contribution in [0, 0.1) is 18.6 Å². The fourth-order valence-electron chi connectivity index (χ4n) is 5.18. The molecular formula is C30H42F2N6O2. The van der Waals surface area contributed by atoms with E-state index in [9.17, 15) is 13.9 Å². The van der Waals surface area contributed by atoms with Gasteiger partial charge in [0.25, 0.3) is 0 Å². The van der Waals surface area contributed by atoms with Crippen LogP contribution in [0.2, 0.25) is 0 Å². The molecule has 0 spiro atoms. The van der Waals surface area contributed by atoms with Gasteiger partial charge in [0.2, 0.25) is 0 Å². The van der Waals surface area contributed by atoms with Crippen LogP contribution in [0.15, 0.2) is 47.9 Å². The number of nitrogens with one attached hydrogen (secondary N) is 2. The molecule has 0 saturated carbocycles. The van der Waals surface area contributed by atoms with Gasteiger partial charge in [-0.25, -0.2) is 8.78 Å². The summed E-state index contributed by atoms with van der Waals surface area (Å²) in [6, 6.07) is 9.06. The Morgan fingerprint density at radius 1 is 1.00 bits per heavy atom. The molecule has 40 heavy (non-hydrogen) atoms. The number of dihydropyridines is 1. The monoisotopic (exact) mass is 556 g/mol. The Morgan fingerprint density at radius 3 is 2.27 bits per heavy atom. The average molecular weight is 557 g/mol. The SMILES string of the molecule is CCN1CCN(c2ccc(NC)cc2C)CC1.NC1=CCNC(c2cc(F)c(CN3CCOCC3)c(F)c2)=C1O. The second kappa shape index (κ2) is 13.8. The maximum absolute atomic E-state index is 14.4. The fraction of sp³-hybridized carbons (Fsp3) is 0.467. The summed E-state index contributed by atoms with van der Waals surface area (Å²) >= 11 is 0. The molecule has 2 aromatic carbocycles. The smallest absolute Gasteiger partial charge is 0.162 e. The van der Waals surface area contributed by atoms with Crippen LogP contribution in [0.3, 0.4) is 0 Å². The molecule has 3 aliphatic rings. The predicted octanol–water partition coefficient (Wildman–Crippen LogP) is 3.65. The molecule has 0 bridgehead atoms. The molecule has 8 nitrogen and oxygen atoms in total. The number of ether oxygens (including phenoxy) is 1. The van der Waals surface area contributed by atoms with E-state index in [2.05, 4.69) is 52.5 Å². The summed E-state index contributed by atoms with van der Waals surface area (Å²) in [5.41, 5.74) is 10.3. The molecule has 3 aliphatic heterocycles. The van der Waals surface area contributed by atoms with Crippen LogP contribution in [-0.4, -0.2) is 87.5 Å². The molecule has 0 aromatic heterocycles. The number of hydrogen-bond acceptors (Lipinski definition) is 8. The van der Waals surface area contributed by atoms with E-state index in [1.165, 1.54) is 48.7 Å². The first-order valence-electron chi connectivity index (χ1n) is 14.0. The molecule has 10 heteroatoms. The lowest BCUT2D eigenvalue weighted by Gasteiger charge is -2.36. The van der Waals surface area contributed by atoms with Crippen molar-refractivity contribution in [3.8, 4) is 0 Å². The van der Waals surface area contributed by atoms with Crippen LogP contribution >= 0.6 is 0 Å². The first-order chi connectivity index (χ1) is 19.3. The van der Waals surface area contributed by atoms with Gasteiger partial charge in [0.05, 0.1) is 24.6 Å². The average Bonchev–Trinajstić information content (AvgIpc) is 2.97. The number of piperazine rings is 1. The van der Waals surface area contributed by atoms with Gasteiger partial charge in [0.15, 0.2) is 5.76 Å². The van der Waals surface area contributed by atoms with E-state index in [0.29, 0.717) is 32.8 Å². The quantitative estimate of drug-likeness (QED) is 0.429. The Labute approximate surface area is 236 Å². The Balaban J connectivity index is 0.000000194. The standard InChI is InChI=1S/C16H19F2N3O2.C14H23N3/c17-12-7-10(15-16(22)14(19)1-2-20-15)8-13(18)11(12)9-21-3-5-23-6-4-21;1-4-16-7-9-17(10-8-16)14-6-5-13(15-3)11-12(14)2/h1,7-8,20,22H,2-6,9,19H2;5-6,11,15H,4,7-10H2,1-3H3. The van der Waals surface area contributed by atoms with Crippen molar-refractivity contribution in [3.63, 3.8) is 0 Å². The second-order valence-electron chi connectivity index (χ2n) is 10.2. The van der Waals surface area contributed by atoms with Gasteiger partial charge in [-0.15, -0.1) is 0 Å². The van der Waals surface area contributed by atoms with Gasteiger partial charge in [0.1, 0.15) is 11.6 Å². The van der Waals surface area contributed by atoms with Gasteiger partial charge in [-0.2, -0.15) is 0 Å². The summed E-state index contributed by atoms with van der Waals surface area (Å²) in [5.74, 6) is -1.47. The highest BCUT2D eigenvalue weighted by atomic mass is 19.1. The van der Waals surface area contributed by atoms with Gasteiger partial charge in [0, 0.05) is 81.9 Å². The molecule has 5 N–H and O–H groups in total. The second-order valence-corrected chi connectivity index (χ2v) is 10.2. The maximum Gasteiger partial charge on any atom is 0.162 e. The fourth-order valence-corrected chi connectivity index (χ4v) is 5.18. The van der Waals surface area contributed by atoms with Crippen molar-refractivity contribution >= 4 is 17.1 Å². The number of halogens is 2. The Morgan fingerprint density at radius 2 is 1.68 bits per heavy atom. The Bertz CT molecular complexity index is 1200. The molecule has 0 amide bonds. The van der Waals surface area contributed by atoms with E-state index in [0.717, 1.165) is 13.1 Å². The third-order valence-electron chi connectivity index (χ3n) is 7.67. The van der Waals surface area contributed by atoms with E-state index in [1.54, 1.807) is 6.08 Å². The number of aryl methyl sites for hydroxylation is 1. The van der Waals surface area contributed by atoms with Crippen molar-refractivity contribution < 1.29 is 18.6 Å². The van der Waals surface area contributed by atoms with Crippen LogP contribution in [0.1, 0.15) is 23.6 Å². The minimum atomic E-state index is -0.637. The number of hydrogen-bond donors (Lipinski definition) is 4. The third kappa shape index (κ3) is 7.24. The van der Waals surface area contributed by atoms with Crippen LogP contribution in [0.4, 0.5) is 20.2 Å². The maximum atomic E-state index is 14.4. The van der Waals surface area contributed by atoms with Crippen LogP contribution < -0.4 is 21.3 Å². The van der Waals surface area contributed by atoms with Gasteiger partial charge in [-0.1, -0.05) is 6.92 Å². The lowest BCUT2D eigenvalue weighted by molar-refractivity contribution is 0.0332. The van der Waals surface area contributed by atoms with Gasteiger partial charge in [-0.3, -0.25) is 4.90 Å². The predicted molar refractivity (Wildman–Crippen MR) is 157 cm³/mol. The molecule has 5 rings (SSSR count). The highest BCUT2D eigenvalue weighted by Crippen LogP contribution is 2.26. The number of benzene rings is 2. The van der Waals surface area contributed by atoms with Crippen molar-refractivity contribution in [3.05, 3.63) is 76.2 Å². The van der Waals surface area contributed by atoms with Crippen LogP contribution in [0.25, 0.3) is 5.70 Å². The molecule has 2 fully saturated rings. The minimum absolute atomic E-state index is 0.0232. The number of anilines is 2. The van der Waals surface area contributed by atoms with Crippen molar-refractivity contribution in [2.45, 2.75) is 20.4 Å². The van der Waals surface area contributed by atoms with Gasteiger partial charge >= 0.3 is 0 Å². The molecule has 0 aliphatic carbocycles. The first kappa shape index (κ1) is 29.6. The number of morpholine rings is 1. The Hall–Kier alpha value is -3.34. The van der Waals surface area contributed by atoms with E-state index in [-0.39, 0.29) is 34.8 Å². The molecule has 2 aromatic rings. The van der Waals surface area contributed by atoms with E-state index >= 15 is 0 Å². The zero-order valence-electron chi connectivity index (χ0n) is 23.8. The Kier molecular flexibility index (Phi) is 10.2. The lowest BCUT2D eigenvalue weighted by atomic mass is 10.0. The van der Waals surface area contributed by atoms with Gasteiger partial charge in [-0.05, 0) is 55.4 Å². The van der Waals surface area contributed by atoms with Crippen molar-refractivity contribution in [2.75, 3.05) is 82.8 Å². The summed E-state index contributed by atoms with van der Waals surface area (Å²) in [7, 11) is 1.97. The van der Waals surface area contributed by atoms with Crippen LogP contribution in [0.5, 0.6) is 0 Å². The summed E-state index contributed by atoms with van der Waals surface area (Å²) in [5, 5.41) is 16.0. The molecule has 0 radical (unpaired) electrons. The normalized spacial score (nSPS) is 18.5. The van der Waals surface area contributed by atoms with E-state index in [1.807, 2.05) is 11.9 Å². The van der Waals surface area contributed by atoms with Gasteiger partial charge < -0.3 is 36.0 Å². The molecular weight excluding hydrogens is 514 g/mol. The number of aliphatic hydroxyl groups excluding tert-OH is 1. The van der Waals surface area contributed by atoms with Crippen LogP contribution in [-0.2, 0) is 11.3 Å². The summed E-state index contributed by atoms with van der Waals surface area (Å²) in [6.07, 6.45) is 1.60. The molecule has 0 atom stereocenters. The molecule has 218 valence electrons. The number of aliphatic hydroxyl groups is 1. The molecule has 3 heterocycles. The number of nitrogens with two attached hydrogens (primary N) is 1.